The first-order valence-electron chi connectivity index (χ1n) is 6.91. The molecule has 0 radical (unpaired) electrons. The average molecular weight is 263 g/mol. The predicted octanol–water partition coefficient (Wildman–Crippen LogP) is 2.42. The molecule has 1 fully saturated rings. The highest BCUT2D eigenvalue weighted by molar-refractivity contribution is 5.63. The number of benzene rings is 1. The first kappa shape index (κ1) is 13.8. The molecule has 5 nitrogen and oxygen atoms in total. The molecule has 0 saturated carbocycles. The maximum absolute atomic E-state index is 11.0. The first-order valence-corrected chi connectivity index (χ1v) is 6.91. The average Bonchev–Trinajstić information content (AvgIpc) is 2.45. The van der Waals surface area contributed by atoms with Gasteiger partial charge in [-0.1, -0.05) is 19.1 Å². The molecule has 1 N–H and O–H groups in total. The lowest BCUT2D eigenvalue weighted by atomic mass is 9.96. The van der Waals surface area contributed by atoms with Crippen LogP contribution in [0, 0.1) is 16.0 Å². The molecule has 1 aromatic carbocycles. The number of nitro groups is 1. The van der Waals surface area contributed by atoms with Gasteiger partial charge in [-0.2, -0.15) is 0 Å². The lowest BCUT2D eigenvalue weighted by Gasteiger charge is -2.33. The number of hydrogen-bond donors (Lipinski definition) is 1. The van der Waals surface area contributed by atoms with E-state index in [1.807, 2.05) is 12.1 Å². The summed E-state index contributed by atoms with van der Waals surface area (Å²) in [4.78, 5) is 12.9. The number of anilines is 1. The zero-order valence-electron chi connectivity index (χ0n) is 11.3. The molecule has 0 spiro atoms. The lowest BCUT2D eigenvalue weighted by Crippen LogP contribution is -2.37. The first-order chi connectivity index (χ1) is 9.22. The van der Waals surface area contributed by atoms with E-state index in [9.17, 15) is 10.1 Å². The van der Waals surface area contributed by atoms with E-state index in [0.717, 1.165) is 44.7 Å². The molecule has 0 unspecified atom stereocenters. The molecule has 1 heterocycles. The van der Waals surface area contributed by atoms with Gasteiger partial charge in [0, 0.05) is 19.2 Å². The Balaban J connectivity index is 2.00. The van der Waals surface area contributed by atoms with E-state index in [0.29, 0.717) is 5.92 Å². The van der Waals surface area contributed by atoms with Gasteiger partial charge in [-0.15, -0.1) is 0 Å². The van der Waals surface area contributed by atoms with Gasteiger partial charge in [-0.05, 0) is 37.9 Å². The van der Waals surface area contributed by atoms with Gasteiger partial charge in [0.25, 0.3) is 5.69 Å². The Hall–Kier alpha value is -1.62. The third-order valence-electron chi connectivity index (χ3n) is 3.72. The Bertz CT molecular complexity index is 428. The van der Waals surface area contributed by atoms with Crippen molar-refractivity contribution in [3.63, 3.8) is 0 Å². The Morgan fingerprint density at radius 2 is 2.05 bits per heavy atom. The SMILES string of the molecule is CCNCC1CCN(c2ccccc2[N+](=O)[O-])CC1. The predicted molar refractivity (Wildman–Crippen MR) is 76.6 cm³/mol. The summed E-state index contributed by atoms with van der Waals surface area (Å²) < 4.78 is 0. The summed E-state index contributed by atoms with van der Waals surface area (Å²) in [5.74, 6) is 0.693. The van der Waals surface area contributed by atoms with E-state index in [2.05, 4.69) is 17.1 Å². The molecule has 0 bridgehead atoms. The molecule has 1 saturated heterocycles. The van der Waals surface area contributed by atoms with Gasteiger partial charge >= 0.3 is 0 Å². The van der Waals surface area contributed by atoms with E-state index < -0.39 is 0 Å². The van der Waals surface area contributed by atoms with E-state index in [4.69, 9.17) is 0 Å². The van der Waals surface area contributed by atoms with Crippen LogP contribution in [0.5, 0.6) is 0 Å². The molecule has 5 heteroatoms. The largest absolute Gasteiger partial charge is 0.366 e. The Kier molecular flexibility index (Phi) is 4.74. The van der Waals surface area contributed by atoms with Crippen LogP contribution in [-0.2, 0) is 0 Å². The maximum atomic E-state index is 11.0. The molecule has 1 aromatic rings. The van der Waals surface area contributed by atoms with E-state index in [1.54, 1.807) is 12.1 Å². The van der Waals surface area contributed by atoms with Crippen LogP contribution >= 0.6 is 0 Å². The summed E-state index contributed by atoms with van der Waals surface area (Å²) in [6, 6.07) is 7.02. The Morgan fingerprint density at radius 3 is 2.68 bits per heavy atom. The number of hydrogen-bond acceptors (Lipinski definition) is 4. The van der Waals surface area contributed by atoms with Crippen LogP contribution < -0.4 is 10.2 Å². The second-order valence-electron chi connectivity index (χ2n) is 4.98. The standard InChI is InChI=1S/C14H21N3O2/c1-2-15-11-12-7-9-16(10-8-12)13-5-3-4-6-14(13)17(18)19/h3-6,12,15H,2,7-11H2,1H3. The normalized spacial score (nSPS) is 16.6. The van der Waals surface area contributed by atoms with Gasteiger partial charge in [-0.25, -0.2) is 0 Å². The molecule has 19 heavy (non-hydrogen) atoms. The van der Waals surface area contributed by atoms with Crippen molar-refractivity contribution in [1.29, 1.82) is 0 Å². The maximum Gasteiger partial charge on any atom is 0.292 e. The highest BCUT2D eigenvalue weighted by Gasteiger charge is 2.23. The summed E-state index contributed by atoms with van der Waals surface area (Å²) in [6.45, 7) is 5.98. The monoisotopic (exact) mass is 263 g/mol. The highest BCUT2D eigenvalue weighted by atomic mass is 16.6. The molecule has 0 amide bonds. The van der Waals surface area contributed by atoms with Crippen molar-refractivity contribution in [2.45, 2.75) is 19.8 Å². The number of nitrogens with zero attached hydrogens (tertiary/aromatic N) is 2. The second kappa shape index (κ2) is 6.52. The number of para-hydroxylation sites is 2. The molecule has 0 atom stereocenters. The van der Waals surface area contributed by atoms with Crippen molar-refractivity contribution >= 4 is 11.4 Å². The second-order valence-corrected chi connectivity index (χ2v) is 4.98. The summed E-state index contributed by atoms with van der Waals surface area (Å²) in [5.41, 5.74) is 0.974. The van der Waals surface area contributed by atoms with Crippen molar-refractivity contribution in [3.05, 3.63) is 34.4 Å². The van der Waals surface area contributed by atoms with Gasteiger partial charge in [0.15, 0.2) is 0 Å². The van der Waals surface area contributed by atoms with E-state index in [-0.39, 0.29) is 10.6 Å². The number of piperidine rings is 1. The zero-order chi connectivity index (χ0) is 13.7. The molecule has 2 rings (SSSR count). The third kappa shape index (κ3) is 3.44. The van der Waals surface area contributed by atoms with Crippen LogP contribution in [0.25, 0.3) is 0 Å². The van der Waals surface area contributed by atoms with Crippen molar-refractivity contribution < 1.29 is 4.92 Å². The van der Waals surface area contributed by atoms with Crippen molar-refractivity contribution in [2.24, 2.45) is 5.92 Å². The summed E-state index contributed by atoms with van der Waals surface area (Å²) >= 11 is 0. The van der Waals surface area contributed by atoms with Crippen molar-refractivity contribution in [2.75, 3.05) is 31.1 Å². The fraction of sp³-hybridized carbons (Fsp3) is 0.571. The van der Waals surface area contributed by atoms with Crippen molar-refractivity contribution in [1.82, 2.24) is 5.32 Å². The minimum absolute atomic E-state index is 0.215. The summed E-state index contributed by atoms with van der Waals surface area (Å²) in [7, 11) is 0. The van der Waals surface area contributed by atoms with Crippen LogP contribution in [0.1, 0.15) is 19.8 Å². The summed E-state index contributed by atoms with van der Waals surface area (Å²) in [6.07, 6.45) is 2.19. The number of nitro benzene ring substituents is 1. The van der Waals surface area contributed by atoms with Crippen molar-refractivity contribution in [3.8, 4) is 0 Å². The van der Waals surface area contributed by atoms with Gasteiger partial charge in [0.05, 0.1) is 4.92 Å². The summed E-state index contributed by atoms with van der Waals surface area (Å²) in [5, 5.41) is 14.4. The van der Waals surface area contributed by atoms with Crippen LogP contribution in [-0.4, -0.2) is 31.1 Å². The molecule has 1 aliphatic heterocycles. The Labute approximate surface area is 113 Å². The van der Waals surface area contributed by atoms with Crippen LogP contribution in [0.4, 0.5) is 11.4 Å². The minimum Gasteiger partial charge on any atom is -0.366 e. The van der Waals surface area contributed by atoms with Crippen LogP contribution in [0.15, 0.2) is 24.3 Å². The molecule has 0 aromatic heterocycles. The molecular weight excluding hydrogens is 242 g/mol. The highest BCUT2D eigenvalue weighted by Crippen LogP contribution is 2.30. The molecule has 0 aliphatic carbocycles. The molecular formula is C14H21N3O2. The number of rotatable bonds is 5. The van der Waals surface area contributed by atoms with Crippen LogP contribution in [0.3, 0.4) is 0 Å². The quantitative estimate of drug-likeness (QED) is 0.654. The molecule has 1 aliphatic rings. The van der Waals surface area contributed by atoms with Crippen LogP contribution in [0.2, 0.25) is 0 Å². The fourth-order valence-corrected chi connectivity index (χ4v) is 2.61. The topological polar surface area (TPSA) is 58.4 Å². The Morgan fingerprint density at radius 1 is 1.37 bits per heavy atom. The van der Waals surface area contributed by atoms with Gasteiger partial charge in [0.1, 0.15) is 5.69 Å². The van der Waals surface area contributed by atoms with Gasteiger partial charge in [0.2, 0.25) is 0 Å². The van der Waals surface area contributed by atoms with E-state index >= 15 is 0 Å². The third-order valence-corrected chi connectivity index (χ3v) is 3.72. The van der Waals surface area contributed by atoms with E-state index in [1.165, 1.54) is 0 Å². The smallest absolute Gasteiger partial charge is 0.292 e. The lowest BCUT2D eigenvalue weighted by molar-refractivity contribution is -0.384. The fourth-order valence-electron chi connectivity index (χ4n) is 2.61. The van der Waals surface area contributed by atoms with Gasteiger partial charge in [-0.3, -0.25) is 10.1 Å². The number of nitrogens with one attached hydrogen (secondary N) is 1. The zero-order valence-corrected chi connectivity index (χ0v) is 11.3. The van der Waals surface area contributed by atoms with Gasteiger partial charge < -0.3 is 10.2 Å². The molecule has 104 valence electrons. The minimum atomic E-state index is -0.292.